The van der Waals surface area contributed by atoms with Crippen LogP contribution in [0.15, 0.2) is 17.0 Å². The highest BCUT2D eigenvalue weighted by atomic mass is 79.9. The fourth-order valence-electron chi connectivity index (χ4n) is 2.64. The zero-order chi connectivity index (χ0) is 16.2. The molecule has 1 saturated heterocycles. The molecule has 5 nitrogen and oxygen atoms in total. The summed E-state index contributed by atoms with van der Waals surface area (Å²) in [7, 11) is 0. The number of carbonyl (C=O) groups is 1. The third-order valence-corrected chi connectivity index (χ3v) is 4.07. The van der Waals surface area contributed by atoms with Gasteiger partial charge in [-0.3, -0.25) is 4.98 Å². The van der Waals surface area contributed by atoms with Gasteiger partial charge in [0.2, 0.25) is 0 Å². The number of hydrogen-bond acceptors (Lipinski definition) is 4. The molecule has 0 aliphatic carbocycles. The molecule has 0 unspecified atom stereocenters. The molecule has 2 heterocycles. The Labute approximate surface area is 140 Å². The van der Waals surface area contributed by atoms with Crippen LogP contribution in [0.1, 0.15) is 52.1 Å². The van der Waals surface area contributed by atoms with Gasteiger partial charge >= 0.3 is 6.09 Å². The van der Waals surface area contributed by atoms with Crippen molar-refractivity contribution in [3.63, 3.8) is 0 Å². The van der Waals surface area contributed by atoms with E-state index in [2.05, 4.69) is 25.9 Å². The molecule has 1 amide bonds. The molecule has 1 aliphatic rings. The standard InChI is InChI=1S/C16H24BrN3O2/c1-16(2,3)22-15(21)20-9-5-4-6-13(20)8-7-12-10-19-14(17)11-18-12/h10-11,13H,4-9H2,1-3H3/t13-/m0/s1. The molecule has 0 saturated carbocycles. The molecule has 1 aromatic rings. The second-order valence-electron chi connectivity index (χ2n) is 6.69. The Kier molecular flexibility index (Phi) is 5.78. The predicted octanol–water partition coefficient (Wildman–Crippen LogP) is 3.96. The third-order valence-electron chi connectivity index (χ3n) is 3.66. The Morgan fingerprint density at radius 3 is 2.77 bits per heavy atom. The highest BCUT2D eigenvalue weighted by molar-refractivity contribution is 9.10. The van der Waals surface area contributed by atoms with Crippen molar-refractivity contribution in [2.24, 2.45) is 0 Å². The van der Waals surface area contributed by atoms with Gasteiger partial charge in [0.1, 0.15) is 10.2 Å². The molecule has 1 fully saturated rings. The minimum absolute atomic E-state index is 0.195. The van der Waals surface area contributed by atoms with E-state index >= 15 is 0 Å². The molecular formula is C16H24BrN3O2. The Bertz CT molecular complexity index is 499. The van der Waals surface area contributed by atoms with Crippen LogP contribution >= 0.6 is 15.9 Å². The number of nitrogens with zero attached hydrogens (tertiary/aromatic N) is 3. The fraction of sp³-hybridized carbons (Fsp3) is 0.688. The maximum Gasteiger partial charge on any atom is 0.410 e. The van der Waals surface area contributed by atoms with Crippen LogP contribution in [0.25, 0.3) is 0 Å². The van der Waals surface area contributed by atoms with Gasteiger partial charge in [-0.05, 0) is 68.8 Å². The van der Waals surface area contributed by atoms with Crippen molar-refractivity contribution in [1.82, 2.24) is 14.9 Å². The fourth-order valence-corrected chi connectivity index (χ4v) is 2.85. The van der Waals surface area contributed by atoms with Crippen LogP contribution < -0.4 is 0 Å². The van der Waals surface area contributed by atoms with E-state index in [0.29, 0.717) is 0 Å². The van der Waals surface area contributed by atoms with Gasteiger partial charge < -0.3 is 9.64 Å². The number of aromatic nitrogens is 2. The van der Waals surface area contributed by atoms with Crippen molar-refractivity contribution < 1.29 is 9.53 Å². The average molecular weight is 370 g/mol. The summed E-state index contributed by atoms with van der Waals surface area (Å²) in [6.07, 6.45) is 8.26. The van der Waals surface area contributed by atoms with E-state index < -0.39 is 5.60 Å². The molecule has 0 N–H and O–H groups in total. The Morgan fingerprint density at radius 1 is 1.36 bits per heavy atom. The summed E-state index contributed by atoms with van der Waals surface area (Å²) < 4.78 is 6.27. The van der Waals surface area contributed by atoms with Crippen molar-refractivity contribution in [1.29, 1.82) is 0 Å². The molecule has 6 heteroatoms. The van der Waals surface area contributed by atoms with Gasteiger partial charge in [-0.1, -0.05) is 0 Å². The summed E-state index contributed by atoms with van der Waals surface area (Å²) in [6, 6.07) is 0.231. The smallest absolute Gasteiger partial charge is 0.410 e. The third kappa shape index (κ3) is 5.23. The monoisotopic (exact) mass is 369 g/mol. The molecule has 0 radical (unpaired) electrons. The molecule has 22 heavy (non-hydrogen) atoms. The number of halogens is 1. The van der Waals surface area contributed by atoms with E-state index in [0.717, 1.165) is 48.9 Å². The van der Waals surface area contributed by atoms with E-state index in [-0.39, 0.29) is 12.1 Å². The van der Waals surface area contributed by atoms with Crippen LogP contribution in [-0.2, 0) is 11.2 Å². The summed E-state index contributed by atoms with van der Waals surface area (Å²) in [5, 5.41) is 0. The summed E-state index contributed by atoms with van der Waals surface area (Å²) in [5.41, 5.74) is 0.508. The minimum Gasteiger partial charge on any atom is -0.444 e. The molecule has 122 valence electrons. The van der Waals surface area contributed by atoms with E-state index in [4.69, 9.17) is 4.74 Å². The lowest BCUT2D eigenvalue weighted by Gasteiger charge is -2.36. The van der Waals surface area contributed by atoms with E-state index in [1.807, 2.05) is 25.7 Å². The first-order valence-electron chi connectivity index (χ1n) is 7.81. The van der Waals surface area contributed by atoms with Gasteiger partial charge in [0.25, 0.3) is 0 Å². The molecular weight excluding hydrogens is 346 g/mol. The number of carbonyl (C=O) groups excluding carboxylic acids is 1. The summed E-state index contributed by atoms with van der Waals surface area (Å²) in [4.78, 5) is 22.8. The van der Waals surface area contributed by atoms with Crippen molar-refractivity contribution in [2.75, 3.05) is 6.54 Å². The lowest BCUT2D eigenvalue weighted by molar-refractivity contribution is 0.00888. The number of hydrogen-bond donors (Lipinski definition) is 0. The van der Waals surface area contributed by atoms with Gasteiger partial charge in [-0.2, -0.15) is 0 Å². The second kappa shape index (κ2) is 7.40. The van der Waals surface area contributed by atoms with Crippen LogP contribution in [0, 0.1) is 0 Å². The lowest BCUT2D eigenvalue weighted by atomic mass is 9.98. The van der Waals surface area contributed by atoms with Gasteiger partial charge in [0, 0.05) is 18.8 Å². The first-order chi connectivity index (χ1) is 10.3. The predicted molar refractivity (Wildman–Crippen MR) is 88.6 cm³/mol. The second-order valence-corrected chi connectivity index (χ2v) is 7.50. The molecule has 1 atom stereocenters. The molecule has 0 aromatic carbocycles. The lowest BCUT2D eigenvalue weighted by Crippen LogP contribution is -2.46. The number of aryl methyl sites for hydroxylation is 1. The maximum absolute atomic E-state index is 12.3. The molecule has 2 rings (SSSR count). The highest BCUT2D eigenvalue weighted by Gasteiger charge is 2.30. The van der Waals surface area contributed by atoms with Gasteiger partial charge in [0.05, 0.1) is 11.9 Å². The van der Waals surface area contributed by atoms with Gasteiger partial charge in [0.15, 0.2) is 0 Å². The SMILES string of the molecule is CC(C)(C)OC(=O)N1CCCC[C@H]1CCc1cnc(Br)cn1. The number of amides is 1. The van der Waals surface area contributed by atoms with E-state index in [9.17, 15) is 4.79 Å². The molecule has 1 aromatic heterocycles. The Hall–Kier alpha value is -1.17. The normalized spacial score (nSPS) is 19.1. The summed E-state index contributed by atoms with van der Waals surface area (Å²) >= 11 is 3.29. The van der Waals surface area contributed by atoms with Crippen molar-refractivity contribution >= 4 is 22.0 Å². The number of likely N-dealkylation sites (tertiary alicyclic amines) is 1. The highest BCUT2D eigenvalue weighted by Crippen LogP contribution is 2.23. The Morgan fingerprint density at radius 2 is 2.14 bits per heavy atom. The topological polar surface area (TPSA) is 55.3 Å². The van der Waals surface area contributed by atoms with Crippen LogP contribution in [-0.4, -0.2) is 39.1 Å². The average Bonchev–Trinajstić information content (AvgIpc) is 2.45. The van der Waals surface area contributed by atoms with Gasteiger partial charge in [-0.15, -0.1) is 0 Å². The quantitative estimate of drug-likeness (QED) is 0.808. The van der Waals surface area contributed by atoms with E-state index in [1.165, 1.54) is 0 Å². The summed E-state index contributed by atoms with van der Waals surface area (Å²) in [6.45, 7) is 6.50. The summed E-state index contributed by atoms with van der Waals surface area (Å²) in [5.74, 6) is 0. The molecule has 1 aliphatic heterocycles. The van der Waals surface area contributed by atoms with Crippen LogP contribution in [0.5, 0.6) is 0 Å². The first-order valence-corrected chi connectivity index (χ1v) is 8.60. The van der Waals surface area contributed by atoms with Crippen LogP contribution in [0.4, 0.5) is 4.79 Å². The number of rotatable bonds is 3. The maximum atomic E-state index is 12.3. The van der Waals surface area contributed by atoms with Crippen molar-refractivity contribution in [2.45, 2.75) is 64.5 Å². The largest absolute Gasteiger partial charge is 0.444 e. The van der Waals surface area contributed by atoms with Crippen molar-refractivity contribution in [3.8, 4) is 0 Å². The van der Waals surface area contributed by atoms with Crippen molar-refractivity contribution in [3.05, 3.63) is 22.7 Å². The first kappa shape index (κ1) is 17.2. The number of ether oxygens (including phenoxy) is 1. The van der Waals surface area contributed by atoms with Gasteiger partial charge in [-0.25, -0.2) is 9.78 Å². The zero-order valence-corrected chi connectivity index (χ0v) is 15.1. The minimum atomic E-state index is -0.448. The zero-order valence-electron chi connectivity index (χ0n) is 13.5. The van der Waals surface area contributed by atoms with Crippen LogP contribution in [0.2, 0.25) is 0 Å². The Balaban J connectivity index is 1.94. The van der Waals surface area contributed by atoms with Crippen LogP contribution in [0.3, 0.4) is 0 Å². The molecule has 0 spiro atoms. The molecule has 0 bridgehead atoms. The van der Waals surface area contributed by atoms with E-state index in [1.54, 1.807) is 12.4 Å². The number of piperidine rings is 1.